The van der Waals surface area contributed by atoms with E-state index in [1.165, 1.54) is 11.1 Å². The van der Waals surface area contributed by atoms with Gasteiger partial charge in [0.15, 0.2) is 0 Å². The first kappa shape index (κ1) is 16.2. The normalized spacial score (nSPS) is 11.2. The zero-order chi connectivity index (χ0) is 17.3. The highest BCUT2D eigenvalue weighted by Gasteiger charge is 2.10. The molecule has 0 aliphatic heterocycles. The quantitative estimate of drug-likeness (QED) is 0.688. The molecule has 0 saturated heterocycles. The lowest BCUT2D eigenvalue weighted by atomic mass is 10.1. The Hall–Kier alpha value is -2.69. The third-order valence-electron chi connectivity index (χ3n) is 3.99. The average molecular weight is 323 g/mol. The Morgan fingerprint density at radius 2 is 1.79 bits per heavy atom. The summed E-state index contributed by atoms with van der Waals surface area (Å²) in [5, 5.41) is 8.48. The van der Waals surface area contributed by atoms with Crippen LogP contribution in [0, 0.1) is 13.8 Å². The molecule has 0 aliphatic carbocycles. The van der Waals surface area contributed by atoms with Crippen LogP contribution in [0.2, 0.25) is 0 Å². The molecule has 0 fully saturated rings. The number of esters is 1. The first-order valence-electron chi connectivity index (χ1n) is 8.04. The van der Waals surface area contributed by atoms with Crippen LogP contribution in [0.5, 0.6) is 0 Å². The van der Waals surface area contributed by atoms with Crippen LogP contribution < -0.4 is 0 Å². The van der Waals surface area contributed by atoms with Gasteiger partial charge in [0.05, 0.1) is 23.7 Å². The number of ether oxygens (including phenoxy) is 1. The van der Waals surface area contributed by atoms with E-state index in [0.717, 1.165) is 16.6 Å². The van der Waals surface area contributed by atoms with Gasteiger partial charge in [-0.3, -0.25) is 0 Å². The SMILES string of the molecule is Cc1cc2nnn(Cc3ccc(C(=O)OC(C)C)cc3)c2cc1C. The third kappa shape index (κ3) is 3.30. The Morgan fingerprint density at radius 3 is 2.46 bits per heavy atom. The maximum absolute atomic E-state index is 11.9. The number of fused-ring (bicyclic) bond motifs is 1. The summed E-state index contributed by atoms with van der Waals surface area (Å²) in [5.41, 5.74) is 5.96. The van der Waals surface area contributed by atoms with Crippen molar-refractivity contribution in [2.24, 2.45) is 0 Å². The van der Waals surface area contributed by atoms with Crippen LogP contribution in [0.3, 0.4) is 0 Å². The highest BCUT2D eigenvalue weighted by Crippen LogP contribution is 2.18. The van der Waals surface area contributed by atoms with Gasteiger partial charge >= 0.3 is 5.97 Å². The lowest BCUT2D eigenvalue weighted by Crippen LogP contribution is -2.11. The predicted octanol–water partition coefficient (Wildman–Crippen LogP) is 3.66. The summed E-state index contributed by atoms with van der Waals surface area (Å²) >= 11 is 0. The molecule has 0 radical (unpaired) electrons. The fraction of sp³-hybridized carbons (Fsp3) is 0.316. The van der Waals surface area contributed by atoms with Gasteiger partial charge in [-0.25, -0.2) is 9.48 Å². The number of rotatable bonds is 4. The Bertz CT molecular complexity index is 880. The summed E-state index contributed by atoms with van der Waals surface area (Å²) in [4.78, 5) is 11.9. The van der Waals surface area contributed by atoms with Crippen LogP contribution in [0.25, 0.3) is 11.0 Å². The summed E-state index contributed by atoms with van der Waals surface area (Å²) in [5.74, 6) is -0.297. The maximum Gasteiger partial charge on any atom is 0.338 e. The van der Waals surface area contributed by atoms with Crippen LogP contribution in [-0.2, 0) is 11.3 Å². The second kappa shape index (κ2) is 6.43. The molecule has 0 amide bonds. The van der Waals surface area contributed by atoms with Gasteiger partial charge in [0.1, 0.15) is 5.52 Å². The lowest BCUT2D eigenvalue weighted by molar-refractivity contribution is 0.0378. The number of carbonyl (C=O) groups is 1. The highest BCUT2D eigenvalue weighted by molar-refractivity contribution is 5.89. The third-order valence-corrected chi connectivity index (χ3v) is 3.99. The van der Waals surface area contributed by atoms with E-state index in [9.17, 15) is 4.79 Å². The Kier molecular flexibility index (Phi) is 4.34. The van der Waals surface area contributed by atoms with Crippen molar-refractivity contribution in [2.75, 3.05) is 0 Å². The van der Waals surface area contributed by atoms with E-state index in [1.807, 2.05) is 30.7 Å². The minimum absolute atomic E-state index is 0.120. The van der Waals surface area contributed by atoms with Gasteiger partial charge in [-0.2, -0.15) is 0 Å². The van der Waals surface area contributed by atoms with Crippen molar-refractivity contribution in [2.45, 2.75) is 40.3 Å². The van der Waals surface area contributed by atoms with Gasteiger partial charge in [0, 0.05) is 0 Å². The number of benzene rings is 2. The van der Waals surface area contributed by atoms with Crippen molar-refractivity contribution in [3.63, 3.8) is 0 Å². The number of hydrogen-bond acceptors (Lipinski definition) is 4. The molecule has 0 saturated carbocycles. The van der Waals surface area contributed by atoms with E-state index in [0.29, 0.717) is 12.1 Å². The van der Waals surface area contributed by atoms with Gasteiger partial charge in [-0.05, 0) is 68.7 Å². The standard InChI is InChI=1S/C19H21N3O2/c1-12(2)24-19(23)16-7-5-15(6-8-16)11-22-18-10-14(4)13(3)9-17(18)20-21-22/h5-10,12H,11H2,1-4H3. The zero-order valence-corrected chi connectivity index (χ0v) is 14.4. The summed E-state index contributed by atoms with van der Waals surface area (Å²) in [7, 11) is 0. The molecular weight excluding hydrogens is 302 g/mol. The van der Waals surface area contributed by atoms with Crippen LogP contribution >= 0.6 is 0 Å². The second-order valence-electron chi connectivity index (χ2n) is 6.32. The van der Waals surface area contributed by atoms with Crippen molar-refractivity contribution in [3.05, 3.63) is 58.7 Å². The van der Waals surface area contributed by atoms with Crippen molar-refractivity contribution in [1.82, 2.24) is 15.0 Å². The van der Waals surface area contributed by atoms with Crippen molar-refractivity contribution in [3.8, 4) is 0 Å². The summed E-state index contributed by atoms with van der Waals surface area (Å²) in [6.07, 6.45) is -0.120. The van der Waals surface area contributed by atoms with Crippen LogP contribution in [0.4, 0.5) is 0 Å². The van der Waals surface area contributed by atoms with Crippen LogP contribution in [0.15, 0.2) is 36.4 Å². The smallest absolute Gasteiger partial charge is 0.338 e. The molecule has 124 valence electrons. The molecular formula is C19H21N3O2. The Labute approximate surface area is 141 Å². The van der Waals surface area contributed by atoms with Crippen LogP contribution in [0.1, 0.15) is 40.9 Å². The minimum atomic E-state index is -0.297. The number of carbonyl (C=O) groups excluding carboxylic acids is 1. The van der Waals surface area contributed by atoms with Gasteiger partial charge in [-0.1, -0.05) is 17.3 Å². The fourth-order valence-electron chi connectivity index (χ4n) is 2.54. The molecule has 24 heavy (non-hydrogen) atoms. The maximum atomic E-state index is 11.9. The number of hydrogen-bond donors (Lipinski definition) is 0. The largest absolute Gasteiger partial charge is 0.459 e. The van der Waals surface area contributed by atoms with Crippen LogP contribution in [-0.4, -0.2) is 27.1 Å². The number of aromatic nitrogens is 3. The molecule has 0 spiro atoms. The summed E-state index contributed by atoms with van der Waals surface area (Å²) in [6.45, 7) is 8.44. The van der Waals surface area contributed by atoms with E-state index in [-0.39, 0.29) is 12.1 Å². The molecule has 1 heterocycles. The molecule has 0 aliphatic rings. The molecule has 0 bridgehead atoms. The Morgan fingerprint density at radius 1 is 1.12 bits per heavy atom. The van der Waals surface area contributed by atoms with Gasteiger partial charge in [0.25, 0.3) is 0 Å². The zero-order valence-electron chi connectivity index (χ0n) is 14.4. The first-order valence-corrected chi connectivity index (χ1v) is 8.04. The molecule has 1 aromatic heterocycles. The fourth-order valence-corrected chi connectivity index (χ4v) is 2.54. The van der Waals surface area contributed by atoms with E-state index in [1.54, 1.807) is 12.1 Å². The number of aryl methyl sites for hydroxylation is 2. The Balaban J connectivity index is 1.82. The van der Waals surface area contributed by atoms with E-state index >= 15 is 0 Å². The van der Waals surface area contributed by atoms with Crippen molar-refractivity contribution < 1.29 is 9.53 Å². The van der Waals surface area contributed by atoms with Crippen molar-refractivity contribution >= 4 is 17.0 Å². The molecule has 0 atom stereocenters. The summed E-state index contributed by atoms with van der Waals surface area (Å²) < 4.78 is 7.08. The lowest BCUT2D eigenvalue weighted by Gasteiger charge is -2.08. The van der Waals surface area contributed by atoms with Crippen molar-refractivity contribution in [1.29, 1.82) is 0 Å². The van der Waals surface area contributed by atoms with Gasteiger partial charge < -0.3 is 4.74 Å². The molecule has 3 rings (SSSR count). The molecule has 0 unspecified atom stereocenters. The second-order valence-corrected chi connectivity index (χ2v) is 6.32. The number of nitrogens with zero attached hydrogens (tertiary/aromatic N) is 3. The van der Waals surface area contributed by atoms with E-state index < -0.39 is 0 Å². The minimum Gasteiger partial charge on any atom is -0.459 e. The topological polar surface area (TPSA) is 57.0 Å². The average Bonchev–Trinajstić information content (AvgIpc) is 2.90. The first-order chi connectivity index (χ1) is 11.4. The van der Waals surface area contributed by atoms with Gasteiger partial charge in [0.2, 0.25) is 0 Å². The highest BCUT2D eigenvalue weighted by atomic mass is 16.5. The van der Waals surface area contributed by atoms with E-state index in [4.69, 9.17) is 4.74 Å². The summed E-state index contributed by atoms with van der Waals surface area (Å²) in [6, 6.07) is 11.6. The van der Waals surface area contributed by atoms with Gasteiger partial charge in [-0.15, -0.1) is 5.10 Å². The molecule has 0 N–H and O–H groups in total. The predicted molar refractivity (Wildman–Crippen MR) is 93.1 cm³/mol. The molecule has 5 nitrogen and oxygen atoms in total. The molecule has 3 aromatic rings. The molecule has 5 heteroatoms. The van der Waals surface area contributed by atoms with E-state index in [2.05, 4.69) is 36.3 Å². The molecule has 2 aromatic carbocycles. The monoisotopic (exact) mass is 323 g/mol.